The van der Waals surface area contributed by atoms with E-state index < -0.39 is 17.8 Å². The van der Waals surface area contributed by atoms with E-state index in [1.165, 1.54) is 0 Å². The van der Waals surface area contributed by atoms with Crippen LogP contribution in [0.1, 0.15) is 31.4 Å². The summed E-state index contributed by atoms with van der Waals surface area (Å²) in [6, 6.07) is 19.6. The molecule has 1 saturated carbocycles. The summed E-state index contributed by atoms with van der Waals surface area (Å²) in [6.07, 6.45) is -0.979. The maximum absolute atomic E-state index is 12.4. The third-order valence-electron chi connectivity index (χ3n) is 5.00. The van der Waals surface area contributed by atoms with Gasteiger partial charge in [0.25, 0.3) is 0 Å². The van der Waals surface area contributed by atoms with Gasteiger partial charge in [-0.05, 0) is 18.1 Å². The molecular weight excluding hydrogens is 328 g/mol. The van der Waals surface area contributed by atoms with Gasteiger partial charge in [-0.3, -0.25) is 4.79 Å². The molecule has 1 N–H and O–H groups in total. The molecule has 0 amide bonds. The van der Waals surface area contributed by atoms with Gasteiger partial charge in [-0.15, -0.1) is 0 Å². The van der Waals surface area contributed by atoms with Crippen molar-refractivity contribution in [2.45, 2.75) is 51.3 Å². The number of hydrogen-bond donors (Lipinski definition) is 1. The summed E-state index contributed by atoms with van der Waals surface area (Å²) in [5.74, 6) is -0.313. The van der Waals surface area contributed by atoms with Crippen LogP contribution < -0.4 is 0 Å². The average Bonchev–Trinajstić information content (AvgIpc) is 2.64. The lowest BCUT2D eigenvalue weighted by Gasteiger charge is -2.44. The van der Waals surface area contributed by atoms with Crippen LogP contribution in [0, 0.1) is 5.92 Å². The molecule has 4 nitrogen and oxygen atoms in total. The van der Waals surface area contributed by atoms with Crippen molar-refractivity contribution in [1.29, 1.82) is 0 Å². The molecule has 0 bridgehead atoms. The quantitative estimate of drug-likeness (QED) is 0.862. The molecule has 1 unspecified atom stereocenters. The highest BCUT2D eigenvalue weighted by Gasteiger charge is 2.49. The van der Waals surface area contributed by atoms with Crippen LogP contribution in [0.4, 0.5) is 0 Å². The van der Waals surface area contributed by atoms with Crippen LogP contribution in [-0.4, -0.2) is 28.7 Å². The van der Waals surface area contributed by atoms with E-state index in [4.69, 9.17) is 9.47 Å². The van der Waals surface area contributed by atoms with Gasteiger partial charge in [-0.25, -0.2) is 0 Å². The number of ether oxygens (including phenoxy) is 2. The molecule has 1 fully saturated rings. The second kappa shape index (κ2) is 8.12. The highest BCUT2D eigenvalue weighted by Crippen LogP contribution is 2.35. The van der Waals surface area contributed by atoms with Crippen LogP contribution in [-0.2, 0) is 27.5 Å². The minimum absolute atomic E-state index is 0.00706. The Morgan fingerprint density at radius 1 is 0.962 bits per heavy atom. The Kier molecular flexibility index (Phi) is 5.87. The predicted octanol–water partition coefficient (Wildman–Crippen LogP) is 3.52. The van der Waals surface area contributed by atoms with Crippen molar-refractivity contribution >= 4 is 5.78 Å². The minimum Gasteiger partial charge on any atom is -0.387 e. The zero-order valence-corrected chi connectivity index (χ0v) is 15.3. The lowest BCUT2D eigenvalue weighted by atomic mass is 9.75. The van der Waals surface area contributed by atoms with Crippen LogP contribution >= 0.6 is 0 Å². The van der Waals surface area contributed by atoms with Crippen LogP contribution in [0.5, 0.6) is 0 Å². The van der Waals surface area contributed by atoms with E-state index in [2.05, 4.69) is 0 Å². The van der Waals surface area contributed by atoms with Gasteiger partial charge in [-0.1, -0.05) is 67.6 Å². The fourth-order valence-corrected chi connectivity index (χ4v) is 3.45. The van der Waals surface area contributed by atoms with E-state index in [0.717, 1.165) is 11.1 Å². The van der Waals surface area contributed by atoms with E-state index in [9.17, 15) is 9.90 Å². The summed E-state index contributed by atoms with van der Waals surface area (Å²) in [5.41, 5.74) is 0.800. The third kappa shape index (κ3) is 4.39. The second-order valence-corrected chi connectivity index (χ2v) is 7.27. The fourth-order valence-electron chi connectivity index (χ4n) is 3.45. The number of carbonyl (C=O) groups is 1. The lowest BCUT2D eigenvalue weighted by Crippen LogP contribution is -2.58. The topological polar surface area (TPSA) is 55.8 Å². The molecule has 0 spiro atoms. The molecular formula is C22H26O4. The molecule has 0 radical (unpaired) electrons. The Hall–Kier alpha value is -2.01. The Balaban J connectivity index is 1.74. The smallest absolute Gasteiger partial charge is 0.141 e. The average molecular weight is 354 g/mol. The molecule has 3 rings (SSSR count). The summed E-state index contributed by atoms with van der Waals surface area (Å²) in [5, 5.41) is 10.8. The van der Waals surface area contributed by atoms with Crippen LogP contribution in [0.3, 0.4) is 0 Å². The van der Waals surface area contributed by atoms with Crippen molar-refractivity contribution in [2.24, 2.45) is 5.92 Å². The highest BCUT2D eigenvalue weighted by atomic mass is 16.6. The van der Waals surface area contributed by atoms with Gasteiger partial charge in [0.2, 0.25) is 0 Å². The van der Waals surface area contributed by atoms with E-state index in [0.29, 0.717) is 13.2 Å². The summed E-state index contributed by atoms with van der Waals surface area (Å²) in [7, 11) is 0. The van der Waals surface area contributed by atoms with Crippen molar-refractivity contribution in [3.8, 4) is 0 Å². The molecule has 138 valence electrons. The zero-order chi connectivity index (χ0) is 18.6. The van der Waals surface area contributed by atoms with Crippen molar-refractivity contribution in [2.75, 3.05) is 0 Å². The molecule has 0 aliphatic heterocycles. The van der Waals surface area contributed by atoms with E-state index in [1.54, 1.807) is 6.92 Å². The van der Waals surface area contributed by atoms with Gasteiger partial charge >= 0.3 is 0 Å². The second-order valence-electron chi connectivity index (χ2n) is 7.27. The van der Waals surface area contributed by atoms with E-state index in [1.807, 2.05) is 67.6 Å². The first-order valence-electron chi connectivity index (χ1n) is 9.03. The summed E-state index contributed by atoms with van der Waals surface area (Å²) >= 11 is 0. The van der Waals surface area contributed by atoms with E-state index >= 15 is 0 Å². The summed E-state index contributed by atoms with van der Waals surface area (Å²) in [6.45, 7) is 4.26. The number of ketones is 1. The fraction of sp³-hybridized carbons (Fsp3) is 0.409. The maximum Gasteiger partial charge on any atom is 0.141 e. The molecule has 1 aliphatic rings. The zero-order valence-electron chi connectivity index (χ0n) is 15.3. The number of aliphatic hydroxyl groups is 1. The largest absolute Gasteiger partial charge is 0.387 e. The van der Waals surface area contributed by atoms with Gasteiger partial charge in [-0.2, -0.15) is 0 Å². The lowest BCUT2D eigenvalue weighted by molar-refractivity contribution is -0.204. The molecule has 4 atom stereocenters. The number of rotatable bonds is 6. The Morgan fingerprint density at radius 3 is 2.00 bits per heavy atom. The maximum atomic E-state index is 12.4. The summed E-state index contributed by atoms with van der Waals surface area (Å²) in [4.78, 5) is 12.4. The molecule has 0 saturated heterocycles. The van der Waals surface area contributed by atoms with Crippen LogP contribution in [0.15, 0.2) is 60.7 Å². The third-order valence-corrected chi connectivity index (χ3v) is 5.00. The van der Waals surface area contributed by atoms with Crippen molar-refractivity contribution in [3.63, 3.8) is 0 Å². The Bertz CT molecular complexity index is 711. The van der Waals surface area contributed by atoms with Crippen molar-refractivity contribution < 1.29 is 19.4 Å². The number of Topliss-reactive ketones (excluding diaryl/α,β-unsaturated/α-hetero) is 1. The van der Waals surface area contributed by atoms with E-state index in [-0.39, 0.29) is 18.1 Å². The van der Waals surface area contributed by atoms with Crippen LogP contribution in [0.2, 0.25) is 0 Å². The first-order valence-corrected chi connectivity index (χ1v) is 9.03. The number of benzene rings is 2. The predicted molar refractivity (Wildman–Crippen MR) is 99.4 cm³/mol. The molecule has 0 aromatic heterocycles. The SMILES string of the molecule is C[C@H]1C(=O)CC(C)(O)[C@H](OCc2ccccc2)[C@@H]1OCc1ccccc1. The van der Waals surface area contributed by atoms with Crippen molar-refractivity contribution in [1.82, 2.24) is 0 Å². The van der Waals surface area contributed by atoms with Gasteiger partial charge < -0.3 is 14.6 Å². The Morgan fingerprint density at radius 2 is 1.46 bits per heavy atom. The first-order chi connectivity index (χ1) is 12.5. The minimum atomic E-state index is -1.25. The van der Waals surface area contributed by atoms with Gasteiger partial charge in [0.05, 0.1) is 24.9 Å². The number of carbonyl (C=O) groups excluding carboxylic acids is 1. The molecule has 26 heavy (non-hydrogen) atoms. The van der Waals surface area contributed by atoms with Crippen LogP contribution in [0.25, 0.3) is 0 Å². The standard InChI is InChI=1S/C22H26O4/c1-16-19(23)13-22(2,24)21(26-15-18-11-7-4-8-12-18)20(16)25-14-17-9-5-3-6-10-17/h3-12,16,20-21,24H,13-15H2,1-2H3/t16-,20+,21+,22?/m0/s1. The van der Waals surface area contributed by atoms with Gasteiger partial charge in [0.15, 0.2) is 0 Å². The van der Waals surface area contributed by atoms with Gasteiger partial charge in [0, 0.05) is 12.3 Å². The molecule has 4 heteroatoms. The Labute approximate surface area is 154 Å². The van der Waals surface area contributed by atoms with Gasteiger partial charge in [0.1, 0.15) is 11.9 Å². The highest BCUT2D eigenvalue weighted by molar-refractivity contribution is 5.83. The molecule has 0 heterocycles. The molecule has 2 aromatic carbocycles. The molecule has 1 aliphatic carbocycles. The van der Waals surface area contributed by atoms with Crippen molar-refractivity contribution in [3.05, 3.63) is 71.8 Å². The first kappa shape index (κ1) is 18.8. The monoisotopic (exact) mass is 354 g/mol. The normalized spacial score (nSPS) is 28.9. The molecule has 2 aromatic rings. The summed E-state index contributed by atoms with van der Waals surface area (Å²) < 4.78 is 12.2. The number of hydrogen-bond acceptors (Lipinski definition) is 4.